The Morgan fingerprint density at radius 3 is 2.43 bits per heavy atom. The molecule has 0 saturated carbocycles. The van der Waals surface area contributed by atoms with Crippen molar-refractivity contribution < 1.29 is 14.3 Å². The molecule has 0 aliphatic rings. The SMILES string of the molecule is CSc1ccccc1C(=O)OCC(=O)Nc1ccccc1. The molecule has 1 amide bonds. The van der Waals surface area contributed by atoms with E-state index in [-0.39, 0.29) is 12.5 Å². The maximum atomic E-state index is 12.0. The summed E-state index contributed by atoms with van der Waals surface area (Å²) in [7, 11) is 0. The molecule has 21 heavy (non-hydrogen) atoms. The van der Waals surface area contributed by atoms with Gasteiger partial charge in [-0.2, -0.15) is 0 Å². The van der Waals surface area contributed by atoms with Gasteiger partial charge in [-0.1, -0.05) is 30.3 Å². The zero-order valence-electron chi connectivity index (χ0n) is 11.5. The van der Waals surface area contributed by atoms with Crippen molar-refractivity contribution in [3.63, 3.8) is 0 Å². The second-order valence-electron chi connectivity index (χ2n) is 4.19. The lowest BCUT2D eigenvalue weighted by Gasteiger charge is -2.08. The highest BCUT2D eigenvalue weighted by Gasteiger charge is 2.13. The zero-order chi connectivity index (χ0) is 15.1. The van der Waals surface area contributed by atoms with E-state index in [0.29, 0.717) is 11.3 Å². The molecule has 0 spiro atoms. The second kappa shape index (κ2) is 7.50. The normalized spacial score (nSPS) is 9.95. The molecule has 0 fully saturated rings. The third kappa shape index (κ3) is 4.36. The number of hydrogen-bond donors (Lipinski definition) is 1. The number of ether oxygens (including phenoxy) is 1. The van der Waals surface area contributed by atoms with Gasteiger partial charge in [0, 0.05) is 10.6 Å². The Morgan fingerprint density at radius 1 is 1.05 bits per heavy atom. The van der Waals surface area contributed by atoms with Crippen molar-refractivity contribution in [1.82, 2.24) is 0 Å². The Balaban J connectivity index is 1.90. The molecule has 1 N–H and O–H groups in total. The summed E-state index contributed by atoms with van der Waals surface area (Å²) in [6.45, 7) is -0.309. The summed E-state index contributed by atoms with van der Waals surface area (Å²) in [5.74, 6) is -0.862. The minimum absolute atomic E-state index is 0.309. The first-order chi connectivity index (χ1) is 10.2. The molecule has 2 aromatic carbocycles. The third-order valence-electron chi connectivity index (χ3n) is 2.72. The molecule has 0 atom stereocenters. The van der Waals surface area contributed by atoms with E-state index in [1.165, 1.54) is 11.8 Å². The van der Waals surface area contributed by atoms with E-state index in [2.05, 4.69) is 5.32 Å². The van der Waals surface area contributed by atoms with Crippen molar-refractivity contribution in [3.8, 4) is 0 Å². The van der Waals surface area contributed by atoms with E-state index in [4.69, 9.17) is 4.74 Å². The van der Waals surface area contributed by atoms with E-state index < -0.39 is 5.97 Å². The highest BCUT2D eigenvalue weighted by molar-refractivity contribution is 7.98. The summed E-state index contributed by atoms with van der Waals surface area (Å²) in [4.78, 5) is 24.5. The summed E-state index contributed by atoms with van der Waals surface area (Å²) in [6.07, 6.45) is 1.88. The Morgan fingerprint density at radius 2 is 1.71 bits per heavy atom. The second-order valence-corrected chi connectivity index (χ2v) is 5.04. The van der Waals surface area contributed by atoms with Crippen molar-refractivity contribution in [1.29, 1.82) is 0 Å². The van der Waals surface area contributed by atoms with Crippen LogP contribution in [0.4, 0.5) is 5.69 Å². The summed E-state index contributed by atoms with van der Waals surface area (Å²) in [5.41, 5.74) is 1.14. The van der Waals surface area contributed by atoms with Crippen LogP contribution in [0.5, 0.6) is 0 Å². The van der Waals surface area contributed by atoms with Crippen LogP contribution >= 0.6 is 11.8 Å². The van der Waals surface area contributed by atoms with Gasteiger partial charge in [0.2, 0.25) is 0 Å². The van der Waals surface area contributed by atoms with Gasteiger partial charge in [-0.15, -0.1) is 11.8 Å². The minimum Gasteiger partial charge on any atom is -0.452 e. The van der Waals surface area contributed by atoms with Crippen molar-refractivity contribution in [3.05, 3.63) is 60.2 Å². The Labute approximate surface area is 127 Å². The molecule has 0 aliphatic carbocycles. The molecule has 0 bridgehead atoms. The van der Waals surface area contributed by atoms with Crippen LogP contribution in [0.25, 0.3) is 0 Å². The lowest BCUT2D eigenvalue weighted by Crippen LogP contribution is -2.21. The highest BCUT2D eigenvalue weighted by atomic mass is 32.2. The van der Waals surface area contributed by atoms with Crippen LogP contribution in [-0.2, 0) is 9.53 Å². The van der Waals surface area contributed by atoms with E-state index in [9.17, 15) is 9.59 Å². The van der Waals surface area contributed by atoms with Crippen LogP contribution in [0.2, 0.25) is 0 Å². The number of para-hydroxylation sites is 1. The molecule has 0 aliphatic heterocycles. The van der Waals surface area contributed by atoms with Gasteiger partial charge in [-0.3, -0.25) is 4.79 Å². The molecule has 2 rings (SSSR count). The van der Waals surface area contributed by atoms with Crippen LogP contribution in [0.15, 0.2) is 59.5 Å². The van der Waals surface area contributed by atoms with Crippen LogP contribution in [-0.4, -0.2) is 24.7 Å². The number of amides is 1. The molecule has 0 radical (unpaired) electrons. The van der Waals surface area contributed by atoms with Crippen LogP contribution in [0.3, 0.4) is 0 Å². The molecular formula is C16H15NO3S. The van der Waals surface area contributed by atoms with Crippen LogP contribution in [0, 0.1) is 0 Å². The standard InChI is InChI=1S/C16H15NO3S/c1-21-14-10-6-5-9-13(14)16(19)20-11-15(18)17-12-7-3-2-4-8-12/h2-10H,11H2,1H3,(H,17,18). The van der Waals surface area contributed by atoms with Crippen molar-refractivity contribution in [2.24, 2.45) is 0 Å². The van der Waals surface area contributed by atoms with E-state index in [1.807, 2.05) is 36.6 Å². The van der Waals surface area contributed by atoms with Gasteiger partial charge in [-0.05, 0) is 30.5 Å². The maximum Gasteiger partial charge on any atom is 0.339 e. The first-order valence-electron chi connectivity index (χ1n) is 6.36. The first kappa shape index (κ1) is 15.1. The molecule has 0 aromatic heterocycles. The monoisotopic (exact) mass is 301 g/mol. The maximum absolute atomic E-state index is 12.0. The molecule has 0 heterocycles. The highest BCUT2D eigenvalue weighted by Crippen LogP contribution is 2.20. The van der Waals surface area contributed by atoms with E-state index in [0.717, 1.165) is 4.90 Å². The van der Waals surface area contributed by atoms with Gasteiger partial charge < -0.3 is 10.1 Å². The van der Waals surface area contributed by atoms with Gasteiger partial charge in [0.1, 0.15) is 0 Å². The van der Waals surface area contributed by atoms with Crippen molar-refractivity contribution >= 4 is 29.3 Å². The lowest BCUT2D eigenvalue weighted by atomic mass is 10.2. The molecule has 108 valence electrons. The van der Waals surface area contributed by atoms with Gasteiger partial charge in [0.15, 0.2) is 6.61 Å². The predicted molar refractivity (Wildman–Crippen MR) is 83.6 cm³/mol. The molecule has 4 nitrogen and oxygen atoms in total. The molecule has 5 heteroatoms. The largest absolute Gasteiger partial charge is 0.452 e. The van der Waals surface area contributed by atoms with Crippen molar-refractivity contribution in [2.45, 2.75) is 4.90 Å². The minimum atomic E-state index is -0.497. The van der Waals surface area contributed by atoms with Crippen LogP contribution < -0.4 is 5.32 Å². The number of anilines is 1. The van der Waals surface area contributed by atoms with Crippen LogP contribution in [0.1, 0.15) is 10.4 Å². The number of benzene rings is 2. The summed E-state index contributed by atoms with van der Waals surface area (Å²) >= 11 is 1.46. The Kier molecular flexibility index (Phi) is 5.40. The fourth-order valence-corrected chi connectivity index (χ4v) is 2.33. The summed E-state index contributed by atoms with van der Waals surface area (Å²) < 4.78 is 5.04. The molecule has 2 aromatic rings. The fourth-order valence-electron chi connectivity index (χ4n) is 1.74. The fraction of sp³-hybridized carbons (Fsp3) is 0.125. The topological polar surface area (TPSA) is 55.4 Å². The Hall–Kier alpha value is -2.27. The van der Waals surface area contributed by atoms with Gasteiger partial charge in [-0.25, -0.2) is 4.79 Å². The number of esters is 1. The quantitative estimate of drug-likeness (QED) is 0.680. The molecule has 0 unspecified atom stereocenters. The predicted octanol–water partition coefficient (Wildman–Crippen LogP) is 3.20. The zero-order valence-corrected chi connectivity index (χ0v) is 12.4. The Bertz CT molecular complexity index is 628. The number of thioether (sulfide) groups is 1. The van der Waals surface area contributed by atoms with E-state index >= 15 is 0 Å². The smallest absolute Gasteiger partial charge is 0.339 e. The van der Waals surface area contributed by atoms with E-state index in [1.54, 1.807) is 24.3 Å². The number of nitrogens with one attached hydrogen (secondary N) is 1. The number of rotatable bonds is 5. The molecular weight excluding hydrogens is 286 g/mol. The third-order valence-corrected chi connectivity index (χ3v) is 3.51. The van der Waals surface area contributed by atoms with Gasteiger partial charge in [0.05, 0.1) is 5.56 Å². The van der Waals surface area contributed by atoms with Crippen molar-refractivity contribution in [2.75, 3.05) is 18.2 Å². The van der Waals surface area contributed by atoms with Gasteiger partial charge >= 0.3 is 5.97 Å². The lowest BCUT2D eigenvalue weighted by molar-refractivity contribution is -0.119. The summed E-state index contributed by atoms with van der Waals surface area (Å²) in [6, 6.07) is 16.2. The summed E-state index contributed by atoms with van der Waals surface area (Å²) in [5, 5.41) is 2.66. The average Bonchev–Trinajstić information content (AvgIpc) is 2.53. The average molecular weight is 301 g/mol. The molecule has 0 saturated heterocycles. The number of hydrogen-bond acceptors (Lipinski definition) is 4. The van der Waals surface area contributed by atoms with Gasteiger partial charge in [0.25, 0.3) is 5.91 Å². The number of carbonyl (C=O) groups is 2. The first-order valence-corrected chi connectivity index (χ1v) is 7.58. The number of carbonyl (C=O) groups excluding carboxylic acids is 2.